The average molecular weight is 358 g/mol. The van der Waals surface area contributed by atoms with Crippen LogP contribution in [0.15, 0.2) is 28.9 Å². The van der Waals surface area contributed by atoms with Crippen molar-refractivity contribution in [3.05, 3.63) is 41.6 Å². The Balaban J connectivity index is 1.20. The lowest BCUT2D eigenvalue weighted by Crippen LogP contribution is -2.64. The van der Waals surface area contributed by atoms with Gasteiger partial charge in [-0.05, 0) is 43.9 Å². The second-order valence-corrected chi connectivity index (χ2v) is 7.63. The van der Waals surface area contributed by atoms with E-state index in [9.17, 15) is 4.79 Å². The number of nitrogens with zero attached hydrogens (tertiary/aromatic N) is 3. The maximum atomic E-state index is 11.9. The van der Waals surface area contributed by atoms with Crippen LogP contribution in [0.4, 0.5) is 0 Å². The molecule has 2 saturated heterocycles. The maximum Gasteiger partial charge on any atom is 0.286 e. The molecule has 7 heteroatoms. The maximum absolute atomic E-state index is 11.9. The van der Waals surface area contributed by atoms with Crippen LogP contribution in [0.5, 0.6) is 0 Å². The highest BCUT2D eigenvalue weighted by Gasteiger charge is 2.46. The molecule has 26 heavy (non-hydrogen) atoms. The largest absolute Gasteiger partial charge is 0.459 e. The van der Waals surface area contributed by atoms with E-state index < -0.39 is 0 Å². The summed E-state index contributed by atoms with van der Waals surface area (Å²) in [4.78, 5) is 14.3. The Morgan fingerprint density at radius 1 is 1.46 bits per heavy atom. The van der Waals surface area contributed by atoms with E-state index in [1.165, 1.54) is 12.0 Å². The van der Waals surface area contributed by atoms with Crippen LogP contribution in [0, 0.1) is 12.8 Å². The Labute approximate surface area is 153 Å². The van der Waals surface area contributed by atoms with Crippen LogP contribution in [0.25, 0.3) is 0 Å². The Morgan fingerprint density at radius 3 is 2.92 bits per heavy atom. The molecule has 0 aliphatic carbocycles. The molecule has 1 spiro atoms. The van der Waals surface area contributed by atoms with Gasteiger partial charge < -0.3 is 14.5 Å². The minimum absolute atomic E-state index is 0.00909. The van der Waals surface area contributed by atoms with Crippen molar-refractivity contribution >= 4 is 5.91 Å². The first-order valence-corrected chi connectivity index (χ1v) is 9.21. The molecule has 2 aliphatic heterocycles. The third kappa shape index (κ3) is 3.54. The topological polar surface area (TPSA) is 72.5 Å². The number of likely N-dealkylation sites (tertiary alicyclic amines) is 1. The summed E-state index contributed by atoms with van der Waals surface area (Å²) in [5.74, 6) is 0.572. The molecule has 1 amide bonds. The SMILES string of the molecule is Cc1cc(CN2CC3(CC[C@H](CNC(=O)c4ccco4)CO3)C2)n(C)n1. The molecule has 0 bridgehead atoms. The fourth-order valence-corrected chi connectivity index (χ4v) is 3.98. The molecule has 140 valence electrons. The second kappa shape index (κ2) is 6.89. The van der Waals surface area contributed by atoms with Crippen LogP contribution in [0.1, 0.15) is 34.8 Å². The van der Waals surface area contributed by atoms with Gasteiger partial charge in [-0.3, -0.25) is 14.4 Å². The van der Waals surface area contributed by atoms with Crippen molar-refractivity contribution in [2.45, 2.75) is 31.9 Å². The van der Waals surface area contributed by atoms with Crippen molar-refractivity contribution in [2.75, 3.05) is 26.2 Å². The number of amides is 1. The lowest BCUT2D eigenvalue weighted by atomic mass is 9.83. The third-order valence-electron chi connectivity index (χ3n) is 5.44. The number of aryl methyl sites for hydroxylation is 2. The van der Waals surface area contributed by atoms with Crippen LogP contribution in [0.3, 0.4) is 0 Å². The molecular formula is C19H26N4O3. The first-order chi connectivity index (χ1) is 12.5. The van der Waals surface area contributed by atoms with E-state index in [-0.39, 0.29) is 11.5 Å². The van der Waals surface area contributed by atoms with Crippen molar-refractivity contribution in [1.82, 2.24) is 20.0 Å². The van der Waals surface area contributed by atoms with E-state index in [1.807, 2.05) is 18.7 Å². The minimum atomic E-state index is -0.156. The predicted octanol–water partition coefficient (Wildman–Crippen LogP) is 1.73. The van der Waals surface area contributed by atoms with Gasteiger partial charge in [0, 0.05) is 33.2 Å². The molecule has 1 N–H and O–H groups in total. The molecule has 2 fully saturated rings. The van der Waals surface area contributed by atoms with Crippen molar-refractivity contribution in [3.63, 3.8) is 0 Å². The van der Waals surface area contributed by atoms with Gasteiger partial charge in [-0.15, -0.1) is 0 Å². The summed E-state index contributed by atoms with van der Waals surface area (Å²) in [6.45, 7) is 6.23. The van der Waals surface area contributed by atoms with E-state index in [4.69, 9.17) is 9.15 Å². The number of ether oxygens (including phenoxy) is 1. The zero-order chi connectivity index (χ0) is 18.1. The minimum Gasteiger partial charge on any atom is -0.459 e. The number of hydrogen-bond donors (Lipinski definition) is 1. The zero-order valence-corrected chi connectivity index (χ0v) is 15.4. The second-order valence-electron chi connectivity index (χ2n) is 7.63. The molecule has 2 aliphatic rings. The van der Waals surface area contributed by atoms with E-state index in [0.717, 1.165) is 38.2 Å². The summed E-state index contributed by atoms with van der Waals surface area (Å²) < 4.78 is 13.3. The quantitative estimate of drug-likeness (QED) is 0.881. The van der Waals surface area contributed by atoms with Gasteiger partial charge in [-0.1, -0.05) is 0 Å². The first-order valence-electron chi connectivity index (χ1n) is 9.21. The van der Waals surface area contributed by atoms with Gasteiger partial charge in [-0.2, -0.15) is 5.10 Å². The summed E-state index contributed by atoms with van der Waals surface area (Å²) in [6.07, 6.45) is 3.64. The van der Waals surface area contributed by atoms with Crippen LogP contribution in [0.2, 0.25) is 0 Å². The molecule has 0 radical (unpaired) electrons. The molecule has 4 rings (SSSR count). The Kier molecular flexibility index (Phi) is 4.58. The van der Waals surface area contributed by atoms with Gasteiger partial charge in [0.05, 0.1) is 29.9 Å². The molecule has 2 aromatic rings. The molecule has 0 aromatic carbocycles. The van der Waals surface area contributed by atoms with E-state index in [2.05, 4.69) is 21.4 Å². The normalized spacial score (nSPS) is 22.3. The van der Waals surface area contributed by atoms with Crippen molar-refractivity contribution in [1.29, 1.82) is 0 Å². The van der Waals surface area contributed by atoms with Gasteiger partial charge in [0.1, 0.15) is 0 Å². The van der Waals surface area contributed by atoms with Crippen LogP contribution >= 0.6 is 0 Å². The lowest BCUT2D eigenvalue weighted by Gasteiger charge is -2.52. The smallest absolute Gasteiger partial charge is 0.286 e. The standard InChI is InChI=1S/C19H26N4O3/c1-14-8-16(22(2)21-14)10-23-12-19(13-23)6-5-15(11-26-19)9-20-18(24)17-4-3-7-25-17/h3-4,7-8,15H,5-6,9-13H2,1-2H3,(H,20,24)/t15-/m1/s1. The van der Waals surface area contributed by atoms with Gasteiger partial charge >= 0.3 is 0 Å². The average Bonchev–Trinajstić information content (AvgIpc) is 3.23. The fraction of sp³-hybridized carbons (Fsp3) is 0.579. The number of aromatic nitrogens is 2. The molecule has 7 nitrogen and oxygen atoms in total. The molecular weight excluding hydrogens is 332 g/mol. The highest BCUT2D eigenvalue weighted by molar-refractivity contribution is 5.91. The Bertz CT molecular complexity index is 752. The van der Waals surface area contributed by atoms with Gasteiger partial charge in [0.2, 0.25) is 0 Å². The summed E-state index contributed by atoms with van der Waals surface area (Å²) in [5.41, 5.74) is 2.31. The highest BCUT2D eigenvalue weighted by Crippen LogP contribution is 2.36. The number of carbonyl (C=O) groups is 1. The third-order valence-corrected chi connectivity index (χ3v) is 5.44. The molecule has 0 saturated carbocycles. The van der Waals surface area contributed by atoms with Crippen LogP contribution in [-0.2, 0) is 18.3 Å². The lowest BCUT2D eigenvalue weighted by molar-refractivity contribution is -0.181. The van der Waals surface area contributed by atoms with E-state index >= 15 is 0 Å². The monoisotopic (exact) mass is 358 g/mol. The molecule has 4 heterocycles. The van der Waals surface area contributed by atoms with Crippen LogP contribution in [-0.4, -0.2) is 52.4 Å². The van der Waals surface area contributed by atoms with Crippen LogP contribution < -0.4 is 5.32 Å². The molecule has 2 aromatic heterocycles. The number of nitrogens with one attached hydrogen (secondary N) is 1. The molecule has 0 unspecified atom stereocenters. The number of rotatable bonds is 5. The van der Waals surface area contributed by atoms with Gasteiger partial charge in [-0.25, -0.2) is 0 Å². The number of hydrogen-bond acceptors (Lipinski definition) is 5. The first kappa shape index (κ1) is 17.3. The number of carbonyl (C=O) groups excluding carboxylic acids is 1. The van der Waals surface area contributed by atoms with Gasteiger partial charge in [0.15, 0.2) is 5.76 Å². The summed E-state index contributed by atoms with van der Waals surface area (Å²) in [6, 6.07) is 5.54. The predicted molar refractivity (Wildman–Crippen MR) is 95.7 cm³/mol. The van der Waals surface area contributed by atoms with Crippen molar-refractivity contribution in [3.8, 4) is 0 Å². The Hall–Kier alpha value is -2.12. The fourth-order valence-electron chi connectivity index (χ4n) is 3.98. The van der Waals surface area contributed by atoms with E-state index in [1.54, 1.807) is 12.1 Å². The Morgan fingerprint density at radius 2 is 2.31 bits per heavy atom. The summed E-state index contributed by atoms with van der Waals surface area (Å²) >= 11 is 0. The van der Waals surface area contributed by atoms with Crippen molar-refractivity contribution < 1.29 is 13.9 Å². The van der Waals surface area contributed by atoms with E-state index in [0.29, 0.717) is 24.8 Å². The van der Waals surface area contributed by atoms with Gasteiger partial charge in [0.25, 0.3) is 5.91 Å². The molecule has 1 atom stereocenters. The highest BCUT2D eigenvalue weighted by atomic mass is 16.5. The number of furan rings is 1. The summed E-state index contributed by atoms with van der Waals surface area (Å²) in [7, 11) is 2.00. The van der Waals surface area contributed by atoms with Crippen molar-refractivity contribution in [2.24, 2.45) is 13.0 Å². The zero-order valence-electron chi connectivity index (χ0n) is 15.4. The summed E-state index contributed by atoms with van der Waals surface area (Å²) in [5, 5.41) is 7.34.